The largest absolute Gasteiger partial charge is 0.413 e. The molecule has 1 aliphatic heterocycles. The van der Waals surface area contributed by atoms with E-state index in [-0.39, 0.29) is 18.7 Å². The molecule has 0 spiro atoms. The van der Waals surface area contributed by atoms with Gasteiger partial charge >= 0.3 is 18.0 Å². The van der Waals surface area contributed by atoms with Gasteiger partial charge in [-0.25, -0.2) is 0 Å². The van der Waals surface area contributed by atoms with Gasteiger partial charge in [0.2, 0.25) is 0 Å². The van der Waals surface area contributed by atoms with Gasteiger partial charge in [0.05, 0.1) is 0 Å². The Morgan fingerprint density at radius 2 is 1.80 bits per heavy atom. The average Bonchev–Trinajstić information content (AvgIpc) is 2.36. The van der Waals surface area contributed by atoms with E-state index in [1.54, 1.807) is 0 Å². The van der Waals surface area contributed by atoms with E-state index in [2.05, 4.69) is 21.2 Å². The summed E-state index contributed by atoms with van der Waals surface area (Å²) in [5.74, 6) is -2.18. The first-order valence-electron chi connectivity index (χ1n) is 5.71. The lowest BCUT2D eigenvalue weighted by Crippen LogP contribution is -2.55. The van der Waals surface area contributed by atoms with Gasteiger partial charge in [-0.05, 0) is 17.7 Å². The predicted molar refractivity (Wildman–Crippen MR) is 67.7 cm³/mol. The third kappa shape index (κ3) is 2.95. The van der Waals surface area contributed by atoms with Gasteiger partial charge in [0.1, 0.15) is 0 Å². The smallest absolute Gasteiger partial charge is 0.346 e. The number of benzene rings is 1. The van der Waals surface area contributed by atoms with Crippen molar-refractivity contribution in [2.75, 3.05) is 13.1 Å². The second-order valence-corrected chi connectivity index (χ2v) is 5.17. The SMILES string of the molecule is O=C1NCCN(C(c2ccc(Br)cc2)C(F)(F)F)C1=O. The Morgan fingerprint density at radius 1 is 1.20 bits per heavy atom. The molecule has 1 N–H and O–H groups in total. The van der Waals surface area contributed by atoms with Crippen LogP contribution in [-0.4, -0.2) is 36.0 Å². The number of alkyl halides is 3. The number of amides is 2. The Labute approximate surface area is 121 Å². The maximum absolute atomic E-state index is 13.3. The molecule has 20 heavy (non-hydrogen) atoms. The number of hydrogen-bond acceptors (Lipinski definition) is 2. The Bertz CT molecular complexity index is 530. The van der Waals surface area contributed by atoms with Crippen LogP contribution in [0.3, 0.4) is 0 Å². The highest BCUT2D eigenvalue weighted by molar-refractivity contribution is 9.10. The highest BCUT2D eigenvalue weighted by Crippen LogP contribution is 2.38. The summed E-state index contributed by atoms with van der Waals surface area (Å²) >= 11 is 3.14. The molecular formula is C12H10BrF3N2O2. The van der Waals surface area contributed by atoms with Gasteiger partial charge in [-0.1, -0.05) is 28.1 Å². The van der Waals surface area contributed by atoms with Gasteiger partial charge in [0, 0.05) is 17.6 Å². The maximum atomic E-state index is 13.3. The molecule has 8 heteroatoms. The van der Waals surface area contributed by atoms with Crippen molar-refractivity contribution >= 4 is 27.7 Å². The van der Waals surface area contributed by atoms with Gasteiger partial charge in [0.15, 0.2) is 6.04 Å². The molecule has 1 saturated heterocycles. The minimum Gasteiger partial charge on any atom is -0.346 e. The molecule has 4 nitrogen and oxygen atoms in total. The second-order valence-electron chi connectivity index (χ2n) is 4.25. The molecule has 0 aromatic heterocycles. The summed E-state index contributed by atoms with van der Waals surface area (Å²) in [6.45, 7) is -0.168. The summed E-state index contributed by atoms with van der Waals surface area (Å²) in [5, 5.41) is 2.22. The molecule has 1 unspecified atom stereocenters. The monoisotopic (exact) mass is 350 g/mol. The standard InChI is InChI=1S/C12H10BrF3N2O2/c13-8-3-1-7(2-4-8)9(12(14,15)16)18-6-5-17-10(19)11(18)20/h1-4,9H,5-6H2,(H,17,19). The van der Waals surface area contributed by atoms with Crippen molar-refractivity contribution < 1.29 is 22.8 Å². The third-order valence-electron chi connectivity index (χ3n) is 2.90. The fourth-order valence-corrected chi connectivity index (χ4v) is 2.30. The van der Waals surface area contributed by atoms with Crippen molar-refractivity contribution in [1.82, 2.24) is 10.2 Å². The van der Waals surface area contributed by atoms with Crippen LogP contribution in [0.15, 0.2) is 28.7 Å². The molecule has 1 heterocycles. The van der Waals surface area contributed by atoms with Gasteiger partial charge < -0.3 is 10.2 Å². The zero-order chi connectivity index (χ0) is 14.9. The van der Waals surface area contributed by atoms with Crippen LogP contribution in [-0.2, 0) is 9.59 Å². The van der Waals surface area contributed by atoms with Crippen LogP contribution < -0.4 is 5.32 Å². The van der Waals surface area contributed by atoms with Crippen LogP contribution in [0.25, 0.3) is 0 Å². The molecule has 0 radical (unpaired) electrons. The Kier molecular flexibility index (Phi) is 4.03. The lowest BCUT2D eigenvalue weighted by atomic mass is 10.0. The fourth-order valence-electron chi connectivity index (χ4n) is 2.03. The van der Waals surface area contributed by atoms with Crippen molar-refractivity contribution in [2.45, 2.75) is 12.2 Å². The highest BCUT2D eigenvalue weighted by Gasteiger charge is 2.48. The van der Waals surface area contributed by atoms with Crippen LogP contribution >= 0.6 is 15.9 Å². The van der Waals surface area contributed by atoms with Crippen molar-refractivity contribution in [1.29, 1.82) is 0 Å². The number of piperazine rings is 1. The van der Waals surface area contributed by atoms with Gasteiger partial charge in [-0.3, -0.25) is 9.59 Å². The third-order valence-corrected chi connectivity index (χ3v) is 3.43. The molecule has 1 atom stereocenters. The molecule has 108 valence electrons. The molecule has 2 amide bonds. The minimum absolute atomic E-state index is 0.00762. The van der Waals surface area contributed by atoms with E-state index in [0.29, 0.717) is 9.37 Å². The van der Waals surface area contributed by atoms with Crippen LogP contribution in [0.1, 0.15) is 11.6 Å². The minimum atomic E-state index is -4.65. The molecule has 0 bridgehead atoms. The lowest BCUT2D eigenvalue weighted by molar-refractivity contribution is -0.194. The van der Waals surface area contributed by atoms with E-state index in [1.807, 2.05) is 0 Å². The van der Waals surface area contributed by atoms with Crippen molar-refractivity contribution in [3.05, 3.63) is 34.3 Å². The van der Waals surface area contributed by atoms with E-state index < -0.39 is 24.0 Å². The number of carbonyl (C=O) groups excluding carboxylic acids is 2. The van der Waals surface area contributed by atoms with Gasteiger partial charge in [-0.2, -0.15) is 13.2 Å². The average molecular weight is 351 g/mol. The van der Waals surface area contributed by atoms with Crippen LogP contribution in [0.5, 0.6) is 0 Å². The second kappa shape index (κ2) is 5.43. The highest BCUT2D eigenvalue weighted by atomic mass is 79.9. The summed E-state index contributed by atoms with van der Waals surface area (Å²) in [4.78, 5) is 23.5. The van der Waals surface area contributed by atoms with Gasteiger partial charge in [0.25, 0.3) is 0 Å². The Morgan fingerprint density at radius 3 is 2.35 bits per heavy atom. The molecule has 1 aliphatic rings. The van der Waals surface area contributed by atoms with E-state index in [9.17, 15) is 22.8 Å². The summed E-state index contributed by atoms with van der Waals surface area (Å²) in [6, 6.07) is 3.36. The summed E-state index contributed by atoms with van der Waals surface area (Å²) in [5.41, 5.74) is -0.0799. The molecule has 0 aliphatic carbocycles. The first kappa shape index (κ1) is 14.8. The first-order chi connectivity index (χ1) is 9.30. The molecule has 1 aromatic rings. The van der Waals surface area contributed by atoms with Crippen LogP contribution in [0, 0.1) is 0 Å². The summed E-state index contributed by atoms with van der Waals surface area (Å²) in [7, 11) is 0. The molecule has 0 saturated carbocycles. The summed E-state index contributed by atoms with van der Waals surface area (Å²) < 4.78 is 40.4. The zero-order valence-electron chi connectivity index (χ0n) is 10.1. The Hall–Kier alpha value is -1.57. The normalized spacial score (nSPS) is 17.9. The molecular weight excluding hydrogens is 341 g/mol. The van der Waals surface area contributed by atoms with E-state index in [1.165, 1.54) is 24.3 Å². The fraction of sp³-hybridized carbons (Fsp3) is 0.333. The van der Waals surface area contributed by atoms with Crippen LogP contribution in [0.2, 0.25) is 0 Å². The lowest BCUT2D eigenvalue weighted by Gasteiger charge is -2.35. The Balaban J connectivity index is 2.40. The van der Waals surface area contributed by atoms with Gasteiger partial charge in [-0.15, -0.1) is 0 Å². The maximum Gasteiger partial charge on any atom is 0.413 e. The predicted octanol–water partition coefficient (Wildman–Crippen LogP) is 2.01. The first-order valence-corrected chi connectivity index (χ1v) is 6.51. The van der Waals surface area contributed by atoms with Crippen LogP contribution in [0.4, 0.5) is 13.2 Å². The number of rotatable bonds is 2. The number of carbonyl (C=O) groups is 2. The quantitative estimate of drug-likeness (QED) is 0.829. The number of hydrogen-bond donors (Lipinski definition) is 1. The topological polar surface area (TPSA) is 49.4 Å². The van der Waals surface area contributed by atoms with Crippen molar-refractivity contribution in [3.63, 3.8) is 0 Å². The van der Waals surface area contributed by atoms with E-state index in [0.717, 1.165) is 0 Å². The van der Waals surface area contributed by atoms with Crippen molar-refractivity contribution in [2.24, 2.45) is 0 Å². The number of nitrogens with one attached hydrogen (secondary N) is 1. The summed E-state index contributed by atoms with van der Waals surface area (Å²) in [6.07, 6.45) is -4.65. The number of halogens is 4. The number of nitrogens with zero attached hydrogens (tertiary/aromatic N) is 1. The van der Waals surface area contributed by atoms with E-state index >= 15 is 0 Å². The zero-order valence-corrected chi connectivity index (χ0v) is 11.7. The van der Waals surface area contributed by atoms with E-state index in [4.69, 9.17) is 0 Å². The molecule has 2 rings (SSSR count). The molecule has 1 fully saturated rings. The van der Waals surface area contributed by atoms with Crippen molar-refractivity contribution in [3.8, 4) is 0 Å². The molecule has 1 aromatic carbocycles.